The van der Waals surface area contributed by atoms with Gasteiger partial charge in [-0.3, -0.25) is 4.79 Å². The van der Waals surface area contributed by atoms with E-state index >= 15 is 0 Å². The van der Waals surface area contributed by atoms with Gasteiger partial charge in [0.05, 0.1) is 18.6 Å². The van der Waals surface area contributed by atoms with Gasteiger partial charge in [0, 0.05) is 0 Å². The minimum Gasteiger partial charge on any atom is -0.466 e. The lowest BCUT2D eigenvalue weighted by Gasteiger charge is -2.23. The average Bonchev–Trinajstić information content (AvgIpc) is 2.48. The minimum absolute atomic E-state index is 0.100. The van der Waals surface area contributed by atoms with E-state index in [0.29, 0.717) is 12.2 Å². The third-order valence-electron chi connectivity index (χ3n) is 3.48. The van der Waals surface area contributed by atoms with Gasteiger partial charge in [-0.05, 0) is 42.7 Å². The largest absolute Gasteiger partial charge is 0.466 e. The highest BCUT2D eigenvalue weighted by Gasteiger charge is 2.27. The van der Waals surface area contributed by atoms with Gasteiger partial charge in [0.15, 0.2) is 0 Å². The van der Waals surface area contributed by atoms with Crippen LogP contribution in [0.15, 0.2) is 48.5 Å². The predicted molar refractivity (Wildman–Crippen MR) is 82.7 cm³/mol. The Balaban J connectivity index is 2.17. The molecule has 0 fully saturated rings. The summed E-state index contributed by atoms with van der Waals surface area (Å²) in [6.07, 6.45) is -0.100. The van der Waals surface area contributed by atoms with Crippen LogP contribution in [0, 0.1) is 5.82 Å². The summed E-state index contributed by atoms with van der Waals surface area (Å²) in [5, 5.41) is 10.4. The van der Waals surface area contributed by atoms with Crippen molar-refractivity contribution in [2.24, 2.45) is 0 Å². The lowest BCUT2D eigenvalue weighted by atomic mass is 9.91. The number of carbonyl (C=O) groups is 1. The van der Waals surface area contributed by atoms with Gasteiger partial charge in [-0.15, -0.1) is 0 Å². The van der Waals surface area contributed by atoms with Crippen molar-refractivity contribution in [3.8, 4) is 11.1 Å². The monoisotopic (exact) mass is 302 g/mol. The molecular weight excluding hydrogens is 283 g/mol. The molecule has 2 aromatic carbocycles. The highest BCUT2D eigenvalue weighted by molar-refractivity contribution is 5.71. The molecule has 1 N–H and O–H groups in total. The Hall–Kier alpha value is -2.20. The normalized spacial score (nSPS) is 13.5. The number of carbonyl (C=O) groups excluding carboxylic acids is 1. The molecule has 0 saturated carbocycles. The van der Waals surface area contributed by atoms with E-state index in [1.807, 2.05) is 12.1 Å². The molecule has 0 aliphatic rings. The number of aliphatic hydroxyl groups is 1. The quantitative estimate of drug-likeness (QED) is 0.858. The number of benzene rings is 2. The molecule has 3 nitrogen and oxygen atoms in total. The first-order valence-corrected chi connectivity index (χ1v) is 7.17. The molecule has 0 aliphatic heterocycles. The van der Waals surface area contributed by atoms with Crippen LogP contribution in [0.25, 0.3) is 11.1 Å². The molecule has 116 valence electrons. The maximum absolute atomic E-state index is 12.9. The van der Waals surface area contributed by atoms with Gasteiger partial charge in [-0.25, -0.2) is 4.39 Å². The number of rotatable bonds is 5. The van der Waals surface area contributed by atoms with E-state index in [2.05, 4.69) is 0 Å². The summed E-state index contributed by atoms with van der Waals surface area (Å²) in [6, 6.07) is 13.4. The summed E-state index contributed by atoms with van der Waals surface area (Å²) in [5.41, 5.74) is 1.15. The number of halogens is 1. The zero-order valence-electron chi connectivity index (χ0n) is 12.7. The number of hydrogen-bond acceptors (Lipinski definition) is 3. The Kier molecular flexibility index (Phi) is 4.93. The van der Waals surface area contributed by atoms with Crippen molar-refractivity contribution in [2.75, 3.05) is 6.61 Å². The maximum atomic E-state index is 12.9. The predicted octanol–water partition coefficient (Wildman–Crippen LogP) is 3.65. The second-order valence-corrected chi connectivity index (χ2v) is 5.34. The Morgan fingerprint density at radius 3 is 2.09 bits per heavy atom. The van der Waals surface area contributed by atoms with Crippen LogP contribution < -0.4 is 0 Å². The second kappa shape index (κ2) is 6.71. The van der Waals surface area contributed by atoms with Crippen molar-refractivity contribution in [1.29, 1.82) is 0 Å². The standard InChI is InChI=1S/C18H19FO3/c1-3-22-17(20)12-18(2,21)15-8-4-13(5-9-15)14-6-10-16(19)11-7-14/h4-11,21H,3,12H2,1-2H3. The molecule has 2 rings (SSSR count). The fourth-order valence-corrected chi connectivity index (χ4v) is 2.26. The Bertz CT molecular complexity index is 630. The topological polar surface area (TPSA) is 46.5 Å². The molecule has 0 bridgehead atoms. The van der Waals surface area contributed by atoms with E-state index in [0.717, 1.165) is 11.1 Å². The van der Waals surface area contributed by atoms with Gasteiger partial charge >= 0.3 is 5.97 Å². The first-order valence-electron chi connectivity index (χ1n) is 7.17. The highest BCUT2D eigenvalue weighted by atomic mass is 19.1. The zero-order valence-corrected chi connectivity index (χ0v) is 12.7. The summed E-state index contributed by atoms with van der Waals surface area (Å²) >= 11 is 0. The zero-order chi connectivity index (χ0) is 16.2. The van der Waals surface area contributed by atoms with Gasteiger partial charge in [-0.1, -0.05) is 36.4 Å². The Morgan fingerprint density at radius 1 is 1.09 bits per heavy atom. The molecule has 0 amide bonds. The third kappa shape index (κ3) is 3.92. The van der Waals surface area contributed by atoms with E-state index in [1.165, 1.54) is 12.1 Å². The average molecular weight is 302 g/mol. The van der Waals surface area contributed by atoms with Crippen molar-refractivity contribution in [1.82, 2.24) is 0 Å². The van der Waals surface area contributed by atoms with Crippen LogP contribution in [-0.4, -0.2) is 17.7 Å². The molecule has 0 aromatic heterocycles. The van der Waals surface area contributed by atoms with Crippen molar-refractivity contribution >= 4 is 5.97 Å². The molecule has 1 atom stereocenters. The van der Waals surface area contributed by atoms with Gasteiger partial charge in [0.2, 0.25) is 0 Å². The van der Waals surface area contributed by atoms with E-state index in [-0.39, 0.29) is 12.2 Å². The van der Waals surface area contributed by atoms with Crippen molar-refractivity contribution < 1.29 is 19.0 Å². The van der Waals surface area contributed by atoms with E-state index in [4.69, 9.17) is 4.74 Å². The summed E-state index contributed by atoms with van der Waals surface area (Å²) in [7, 11) is 0. The second-order valence-electron chi connectivity index (χ2n) is 5.34. The van der Waals surface area contributed by atoms with Gasteiger partial charge < -0.3 is 9.84 Å². The lowest BCUT2D eigenvalue weighted by Crippen LogP contribution is -2.26. The molecule has 0 saturated heterocycles. The van der Waals surface area contributed by atoms with Crippen LogP contribution in [0.5, 0.6) is 0 Å². The van der Waals surface area contributed by atoms with Gasteiger partial charge in [0.1, 0.15) is 5.82 Å². The van der Waals surface area contributed by atoms with Gasteiger partial charge in [0.25, 0.3) is 0 Å². The van der Waals surface area contributed by atoms with Crippen molar-refractivity contribution in [2.45, 2.75) is 25.9 Å². The minimum atomic E-state index is -1.28. The number of esters is 1. The van der Waals surface area contributed by atoms with Crippen LogP contribution in [0.1, 0.15) is 25.8 Å². The van der Waals surface area contributed by atoms with Crippen LogP contribution in [0.3, 0.4) is 0 Å². The summed E-state index contributed by atoms with van der Waals surface area (Å²) < 4.78 is 17.8. The van der Waals surface area contributed by atoms with E-state index < -0.39 is 11.6 Å². The SMILES string of the molecule is CCOC(=O)CC(C)(O)c1ccc(-c2ccc(F)cc2)cc1. The van der Waals surface area contributed by atoms with Crippen molar-refractivity contribution in [3.63, 3.8) is 0 Å². The van der Waals surface area contributed by atoms with Crippen molar-refractivity contribution in [3.05, 3.63) is 59.9 Å². The smallest absolute Gasteiger partial charge is 0.309 e. The third-order valence-corrected chi connectivity index (χ3v) is 3.48. The molecule has 22 heavy (non-hydrogen) atoms. The summed E-state index contributed by atoms with van der Waals surface area (Å²) in [4.78, 5) is 11.5. The molecule has 0 heterocycles. The molecule has 0 spiro atoms. The highest BCUT2D eigenvalue weighted by Crippen LogP contribution is 2.28. The maximum Gasteiger partial charge on any atom is 0.309 e. The Labute approximate surface area is 129 Å². The van der Waals surface area contributed by atoms with Crippen LogP contribution in [-0.2, 0) is 15.1 Å². The first-order chi connectivity index (χ1) is 10.4. The fraction of sp³-hybridized carbons (Fsp3) is 0.278. The Morgan fingerprint density at radius 2 is 1.59 bits per heavy atom. The fourth-order valence-electron chi connectivity index (χ4n) is 2.26. The summed E-state index contributed by atoms with van der Waals surface area (Å²) in [6.45, 7) is 3.60. The van der Waals surface area contributed by atoms with Crippen LogP contribution in [0.2, 0.25) is 0 Å². The first kappa shape index (κ1) is 16.2. The van der Waals surface area contributed by atoms with Gasteiger partial charge in [-0.2, -0.15) is 0 Å². The molecule has 1 unspecified atom stereocenters. The van der Waals surface area contributed by atoms with E-state index in [9.17, 15) is 14.3 Å². The molecule has 4 heteroatoms. The summed E-state index contributed by atoms with van der Waals surface area (Å²) in [5.74, 6) is -0.715. The molecule has 0 radical (unpaired) electrons. The number of ether oxygens (including phenoxy) is 1. The number of hydrogen-bond donors (Lipinski definition) is 1. The lowest BCUT2D eigenvalue weighted by molar-refractivity contribution is -0.148. The molecular formula is C18H19FO3. The van der Waals surface area contributed by atoms with E-state index in [1.54, 1.807) is 38.1 Å². The molecule has 0 aliphatic carbocycles. The van der Waals surface area contributed by atoms with Crippen LogP contribution >= 0.6 is 0 Å². The van der Waals surface area contributed by atoms with Crippen LogP contribution in [0.4, 0.5) is 4.39 Å². The molecule has 2 aromatic rings.